The Balaban J connectivity index is 1.92. The van der Waals surface area contributed by atoms with Crippen molar-refractivity contribution >= 4 is 21.6 Å². The van der Waals surface area contributed by atoms with Crippen LogP contribution in [0.25, 0.3) is 21.6 Å². The third-order valence-electron chi connectivity index (χ3n) is 3.39. The molecule has 0 aromatic carbocycles. The highest BCUT2D eigenvalue weighted by molar-refractivity contribution is 7.17. The topological polar surface area (TPSA) is 72.0 Å². The number of aromatic nitrogens is 3. The van der Waals surface area contributed by atoms with Gasteiger partial charge in [0.15, 0.2) is 0 Å². The van der Waals surface area contributed by atoms with Crippen LogP contribution in [0.2, 0.25) is 0 Å². The largest absolute Gasteiger partial charge is 0.392 e. The monoisotopic (exact) mass is 289 g/mol. The fourth-order valence-corrected chi connectivity index (χ4v) is 2.80. The molecule has 0 aliphatic rings. The number of hydrogen-bond acceptors (Lipinski definition) is 6. The fraction of sp³-hybridized carbons (Fsp3) is 0.357. The Morgan fingerprint density at radius 1 is 1.45 bits per heavy atom. The summed E-state index contributed by atoms with van der Waals surface area (Å²) in [5.74, 6) is 0.804. The van der Waals surface area contributed by atoms with E-state index < -0.39 is 6.10 Å². The molecule has 0 saturated carbocycles. The summed E-state index contributed by atoms with van der Waals surface area (Å²) < 4.78 is 6.34. The highest BCUT2D eigenvalue weighted by Crippen LogP contribution is 2.26. The normalized spacial score (nSPS) is 14.6. The van der Waals surface area contributed by atoms with E-state index in [0.29, 0.717) is 18.1 Å². The molecule has 6 heteroatoms. The lowest BCUT2D eigenvalue weighted by molar-refractivity contribution is 0.129. The van der Waals surface area contributed by atoms with Crippen LogP contribution in [0.1, 0.15) is 32.1 Å². The van der Waals surface area contributed by atoms with Gasteiger partial charge < -0.3 is 9.63 Å². The zero-order valence-electron chi connectivity index (χ0n) is 11.3. The van der Waals surface area contributed by atoms with Gasteiger partial charge >= 0.3 is 0 Å². The molecule has 0 aliphatic carbocycles. The maximum absolute atomic E-state index is 9.83. The van der Waals surface area contributed by atoms with Crippen LogP contribution in [0.4, 0.5) is 0 Å². The molecular formula is C14H15N3O2S. The standard InChI is InChI=1S/C14H15N3O2S/c1-3-11(18)8(2)14-16-13(17-19-14)9-6-12-10(15-7-9)4-5-20-12/h4-8,11,18H,3H2,1-2H3. The number of fused-ring (bicyclic) bond motifs is 1. The minimum absolute atomic E-state index is 0.167. The first-order chi connectivity index (χ1) is 9.69. The lowest BCUT2D eigenvalue weighted by Crippen LogP contribution is -2.14. The SMILES string of the molecule is CCC(O)C(C)c1nc(-c2cnc3ccsc3c2)no1. The van der Waals surface area contributed by atoms with Crippen molar-refractivity contribution < 1.29 is 9.63 Å². The molecule has 0 amide bonds. The van der Waals surface area contributed by atoms with Gasteiger partial charge in [-0.25, -0.2) is 0 Å². The smallest absolute Gasteiger partial charge is 0.232 e. The Bertz CT molecular complexity index is 722. The van der Waals surface area contributed by atoms with Crippen LogP contribution in [0.5, 0.6) is 0 Å². The summed E-state index contributed by atoms with van der Waals surface area (Å²) in [5, 5.41) is 15.8. The summed E-state index contributed by atoms with van der Waals surface area (Å²) in [6.45, 7) is 3.80. The predicted molar refractivity (Wildman–Crippen MR) is 77.6 cm³/mol. The third kappa shape index (κ3) is 2.32. The van der Waals surface area contributed by atoms with Crippen molar-refractivity contribution in [2.24, 2.45) is 0 Å². The van der Waals surface area contributed by atoms with E-state index in [1.54, 1.807) is 17.5 Å². The van der Waals surface area contributed by atoms with Gasteiger partial charge in [-0.1, -0.05) is 19.0 Å². The Hall–Kier alpha value is -1.79. The third-order valence-corrected chi connectivity index (χ3v) is 4.24. The maximum atomic E-state index is 9.83. The molecular weight excluding hydrogens is 274 g/mol. The van der Waals surface area contributed by atoms with Gasteiger partial charge in [0.2, 0.25) is 11.7 Å². The molecule has 5 nitrogen and oxygen atoms in total. The second kappa shape index (κ2) is 5.30. The average Bonchev–Trinajstić information content (AvgIpc) is 3.13. The first-order valence-corrected chi connectivity index (χ1v) is 7.42. The number of hydrogen-bond donors (Lipinski definition) is 1. The molecule has 0 aliphatic heterocycles. The van der Waals surface area contributed by atoms with Crippen molar-refractivity contribution in [3.8, 4) is 11.4 Å². The van der Waals surface area contributed by atoms with E-state index in [0.717, 1.165) is 15.8 Å². The first-order valence-electron chi connectivity index (χ1n) is 6.54. The quantitative estimate of drug-likeness (QED) is 0.798. The van der Waals surface area contributed by atoms with Crippen molar-refractivity contribution in [3.63, 3.8) is 0 Å². The number of rotatable bonds is 4. The minimum Gasteiger partial charge on any atom is -0.392 e. The van der Waals surface area contributed by atoms with Gasteiger partial charge in [0.1, 0.15) is 0 Å². The highest BCUT2D eigenvalue weighted by atomic mass is 32.1. The van der Waals surface area contributed by atoms with Gasteiger partial charge in [0, 0.05) is 11.8 Å². The molecule has 0 fully saturated rings. The maximum Gasteiger partial charge on any atom is 0.232 e. The van der Waals surface area contributed by atoms with Crippen molar-refractivity contribution in [1.82, 2.24) is 15.1 Å². The fourth-order valence-electron chi connectivity index (χ4n) is 2.02. The van der Waals surface area contributed by atoms with E-state index >= 15 is 0 Å². The van der Waals surface area contributed by atoms with Gasteiger partial charge in [0.25, 0.3) is 0 Å². The average molecular weight is 289 g/mol. The summed E-state index contributed by atoms with van der Waals surface area (Å²) in [7, 11) is 0. The first kappa shape index (κ1) is 13.2. The number of aliphatic hydroxyl groups is 1. The van der Waals surface area contributed by atoms with Crippen molar-refractivity contribution in [3.05, 3.63) is 29.6 Å². The molecule has 1 N–H and O–H groups in total. The zero-order chi connectivity index (χ0) is 14.1. The van der Waals surface area contributed by atoms with Crippen LogP contribution in [0.15, 0.2) is 28.2 Å². The van der Waals surface area contributed by atoms with Crippen LogP contribution in [0, 0.1) is 0 Å². The van der Waals surface area contributed by atoms with Crippen molar-refractivity contribution in [2.45, 2.75) is 32.3 Å². The van der Waals surface area contributed by atoms with Crippen LogP contribution in [-0.2, 0) is 0 Å². The molecule has 0 radical (unpaired) electrons. The molecule has 20 heavy (non-hydrogen) atoms. The van der Waals surface area contributed by atoms with Crippen molar-refractivity contribution in [1.29, 1.82) is 0 Å². The van der Waals surface area contributed by atoms with E-state index in [1.165, 1.54) is 0 Å². The molecule has 3 rings (SSSR count). The second-order valence-corrected chi connectivity index (χ2v) is 5.70. The van der Waals surface area contributed by atoms with Crippen LogP contribution in [0.3, 0.4) is 0 Å². The van der Waals surface area contributed by atoms with E-state index in [9.17, 15) is 5.11 Å². The van der Waals surface area contributed by atoms with E-state index in [1.807, 2.05) is 31.4 Å². The van der Waals surface area contributed by atoms with Crippen LogP contribution >= 0.6 is 11.3 Å². The van der Waals surface area contributed by atoms with Crippen LogP contribution < -0.4 is 0 Å². The number of aliphatic hydroxyl groups excluding tert-OH is 1. The van der Waals surface area contributed by atoms with E-state index in [2.05, 4.69) is 15.1 Å². The Labute approximate surface area is 120 Å². The number of thiophene rings is 1. The zero-order valence-corrected chi connectivity index (χ0v) is 12.1. The summed E-state index contributed by atoms with van der Waals surface area (Å²) in [6.07, 6.45) is 1.92. The molecule has 3 heterocycles. The van der Waals surface area contributed by atoms with Crippen LogP contribution in [-0.4, -0.2) is 26.3 Å². The molecule has 2 atom stereocenters. The molecule has 2 unspecified atom stereocenters. The number of pyridine rings is 1. The lowest BCUT2D eigenvalue weighted by atomic mass is 10.0. The van der Waals surface area contributed by atoms with Gasteiger partial charge in [-0.15, -0.1) is 11.3 Å². The lowest BCUT2D eigenvalue weighted by Gasteiger charge is -2.11. The molecule has 3 aromatic heterocycles. The van der Waals surface area contributed by atoms with Gasteiger partial charge in [-0.3, -0.25) is 4.98 Å². The van der Waals surface area contributed by atoms with E-state index in [-0.39, 0.29) is 5.92 Å². The Morgan fingerprint density at radius 2 is 2.30 bits per heavy atom. The number of nitrogens with zero attached hydrogens (tertiary/aromatic N) is 3. The Morgan fingerprint density at radius 3 is 3.10 bits per heavy atom. The molecule has 0 spiro atoms. The summed E-state index contributed by atoms with van der Waals surface area (Å²) in [6, 6.07) is 3.98. The predicted octanol–water partition coefficient (Wildman–Crippen LogP) is 3.22. The Kier molecular flexibility index (Phi) is 3.50. The van der Waals surface area contributed by atoms with Gasteiger partial charge in [0.05, 0.1) is 22.2 Å². The summed E-state index contributed by atoms with van der Waals surface area (Å²) in [5.41, 5.74) is 1.80. The molecule has 0 saturated heterocycles. The second-order valence-electron chi connectivity index (χ2n) is 4.75. The van der Waals surface area contributed by atoms with Gasteiger partial charge in [-0.2, -0.15) is 4.98 Å². The minimum atomic E-state index is -0.471. The highest BCUT2D eigenvalue weighted by Gasteiger charge is 2.21. The van der Waals surface area contributed by atoms with E-state index in [4.69, 9.17) is 4.52 Å². The molecule has 0 bridgehead atoms. The van der Waals surface area contributed by atoms with Gasteiger partial charge in [-0.05, 0) is 23.9 Å². The molecule has 104 valence electrons. The summed E-state index contributed by atoms with van der Waals surface area (Å²) in [4.78, 5) is 8.73. The molecule has 3 aromatic rings. The summed E-state index contributed by atoms with van der Waals surface area (Å²) >= 11 is 1.63. The van der Waals surface area contributed by atoms with Crippen molar-refractivity contribution in [2.75, 3.05) is 0 Å².